The molecule has 0 saturated carbocycles. The Labute approximate surface area is 112 Å². The molecule has 0 atom stereocenters. The molecule has 1 heterocycles. The van der Waals surface area contributed by atoms with Gasteiger partial charge in [-0.1, -0.05) is 30.4 Å². The van der Waals surface area contributed by atoms with Crippen molar-refractivity contribution in [2.45, 2.75) is 12.8 Å². The monoisotopic (exact) mass is 256 g/mol. The number of aliphatic hydroxyl groups is 1. The Morgan fingerprint density at radius 2 is 2.21 bits per heavy atom. The first-order valence-corrected chi connectivity index (χ1v) is 6.46. The third-order valence-electron chi connectivity index (χ3n) is 3.16. The van der Waals surface area contributed by atoms with E-state index in [0.29, 0.717) is 12.4 Å². The summed E-state index contributed by atoms with van der Waals surface area (Å²) in [7, 11) is 0. The molecule has 3 rings (SSSR count). The minimum atomic E-state index is 0.204. The quantitative estimate of drug-likeness (QED) is 0.897. The zero-order valence-electron chi connectivity index (χ0n) is 10.6. The van der Waals surface area contributed by atoms with Crippen molar-refractivity contribution in [3.8, 4) is 11.5 Å². The Bertz CT molecular complexity index is 567. The number of aliphatic hydroxyl groups excluding tert-OH is 1. The molecule has 1 N–H and O–H groups in total. The van der Waals surface area contributed by atoms with Crippen LogP contribution in [-0.2, 0) is 0 Å². The molecule has 0 saturated heterocycles. The summed E-state index contributed by atoms with van der Waals surface area (Å²) in [6, 6.07) is 5.69. The van der Waals surface area contributed by atoms with Gasteiger partial charge in [0.25, 0.3) is 0 Å². The van der Waals surface area contributed by atoms with E-state index in [1.165, 1.54) is 5.57 Å². The van der Waals surface area contributed by atoms with Gasteiger partial charge in [0.1, 0.15) is 19.0 Å². The number of benzene rings is 1. The second kappa shape index (κ2) is 5.22. The normalized spacial score (nSPS) is 17.1. The molecular weight excluding hydrogens is 240 g/mol. The number of hydrogen-bond acceptors (Lipinski definition) is 3. The van der Waals surface area contributed by atoms with Crippen LogP contribution in [0.25, 0.3) is 6.08 Å². The molecule has 0 fully saturated rings. The maximum Gasteiger partial charge on any atom is 0.169 e. The maximum atomic E-state index is 9.46. The van der Waals surface area contributed by atoms with Crippen molar-refractivity contribution in [2.24, 2.45) is 0 Å². The van der Waals surface area contributed by atoms with Crippen LogP contribution in [0.3, 0.4) is 0 Å². The first kappa shape index (κ1) is 11.9. The molecule has 19 heavy (non-hydrogen) atoms. The van der Waals surface area contributed by atoms with Crippen LogP contribution in [0.2, 0.25) is 0 Å². The lowest BCUT2D eigenvalue weighted by molar-refractivity contribution is 0.250. The molecule has 0 amide bonds. The van der Waals surface area contributed by atoms with Crippen LogP contribution in [0.4, 0.5) is 0 Å². The van der Waals surface area contributed by atoms with Crippen LogP contribution < -0.4 is 9.47 Å². The summed E-state index contributed by atoms with van der Waals surface area (Å²) < 4.78 is 11.3. The van der Waals surface area contributed by atoms with Crippen LogP contribution in [0, 0.1) is 0 Å². The SMILES string of the molecule is OC1=Cc2cccc(OCC3=CCCC=C3)c2OC1. The molecule has 0 spiro atoms. The minimum Gasteiger partial charge on any atom is -0.509 e. The van der Waals surface area contributed by atoms with Crippen LogP contribution in [0.5, 0.6) is 11.5 Å². The number of fused-ring (bicyclic) bond motifs is 1. The third kappa shape index (κ3) is 2.65. The number of ether oxygens (including phenoxy) is 2. The standard InChI is InChI=1S/C16H16O3/c17-14-9-13-7-4-8-15(16(13)19-11-14)18-10-12-5-2-1-3-6-12/h2,4-9,17H,1,3,10-11H2. The van der Waals surface area contributed by atoms with Gasteiger partial charge in [-0.25, -0.2) is 0 Å². The predicted molar refractivity (Wildman–Crippen MR) is 74.5 cm³/mol. The second-order valence-electron chi connectivity index (χ2n) is 4.65. The lowest BCUT2D eigenvalue weighted by Crippen LogP contribution is -2.09. The summed E-state index contributed by atoms with van der Waals surface area (Å²) in [6.45, 7) is 0.752. The van der Waals surface area contributed by atoms with E-state index >= 15 is 0 Å². The summed E-state index contributed by atoms with van der Waals surface area (Å²) in [5.41, 5.74) is 2.05. The fourth-order valence-corrected chi connectivity index (χ4v) is 2.22. The highest BCUT2D eigenvalue weighted by molar-refractivity contribution is 5.65. The van der Waals surface area contributed by atoms with E-state index in [2.05, 4.69) is 18.2 Å². The average molecular weight is 256 g/mol. The highest BCUT2D eigenvalue weighted by Gasteiger charge is 2.15. The van der Waals surface area contributed by atoms with Gasteiger partial charge in [0, 0.05) is 5.56 Å². The number of para-hydroxylation sites is 1. The zero-order chi connectivity index (χ0) is 13.1. The van der Waals surface area contributed by atoms with Gasteiger partial charge in [0.2, 0.25) is 0 Å². The summed E-state index contributed by atoms with van der Waals surface area (Å²) >= 11 is 0. The Hall–Kier alpha value is -2.16. The van der Waals surface area contributed by atoms with Crippen LogP contribution in [0.1, 0.15) is 18.4 Å². The molecule has 3 nitrogen and oxygen atoms in total. The summed E-state index contributed by atoms with van der Waals surface area (Å²) in [4.78, 5) is 0. The molecule has 98 valence electrons. The molecule has 0 radical (unpaired) electrons. The fourth-order valence-electron chi connectivity index (χ4n) is 2.22. The van der Waals surface area contributed by atoms with Gasteiger partial charge < -0.3 is 14.6 Å². The van der Waals surface area contributed by atoms with E-state index in [9.17, 15) is 5.11 Å². The van der Waals surface area contributed by atoms with Gasteiger partial charge in [-0.2, -0.15) is 0 Å². The maximum absolute atomic E-state index is 9.46. The smallest absolute Gasteiger partial charge is 0.169 e. The van der Waals surface area contributed by atoms with Crippen LogP contribution in [0.15, 0.2) is 47.8 Å². The van der Waals surface area contributed by atoms with Gasteiger partial charge in [0.05, 0.1) is 0 Å². The Kier molecular flexibility index (Phi) is 3.27. The van der Waals surface area contributed by atoms with Crippen molar-refractivity contribution in [3.05, 3.63) is 53.3 Å². The van der Waals surface area contributed by atoms with Crippen molar-refractivity contribution in [2.75, 3.05) is 13.2 Å². The van der Waals surface area contributed by atoms with E-state index in [1.54, 1.807) is 6.08 Å². The molecule has 1 aliphatic heterocycles. The molecule has 0 bridgehead atoms. The first-order chi connectivity index (χ1) is 9.33. The van der Waals surface area contributed by atoms with E-state index in [4.69, 9.17) is 9.47 Å². The Balaban J connectivity index is 1.77. The van der Waals surface area contributed by atoms with Gasteiger partial charge in [-0.05, 0) is 30.6 Å². The van der Waals surface area contributed by atoms with Crippen molar-refractivity contribution < 1.29 is 14.6 Å². The topological polar surface area (TPSA) is 38.7 Å². The molecular formula is C16H16O3. The average Bonchev–Trinajstić information content (AvgIpc) is 2.45. The predicted octanol–water partition coefficient (Wildman–Crippen LogP) is 3.63. The van der Waals surface area contributed by atoms with E-state index < -0.39 is 0 Å². The van der Waals surface area contributed by atoms with Crippen molar-refractivity contribution in [3.63, 3.8) is 0 Å². The number of allylic oxidation sites excluding steroid dienone is 2. The molecule has 3 heteroatoms. The lowest BCUT2D eigenvalue weighted by Gasteiger charge is -2.18. The summed E-state index contributed by atoms with van der Waals surface area (Å²) in [5.74, 6) is 1.67. The Morgan fingerprint density at radius 3 is 3.05 bits per heavy atom. The molecule has 2 aliphatic rings. The molecule has 1 aromatic rings. The van der Waals surface area contributed by atoms with Crippen LogP contribution >= 0.6 is 0 Å². The molecule has 0 unspecified atom stereocenters. The lowest BCUT2D eigenvalue weighted by atomic mass is 10.1. The van der Waals surface area contributed by atoms with E-state index in [0.717, 1.165) is 24.2 Å². The van der Waals surface area contributed by atoms with E-state index in [-0.39, 0.29) is 12.4 Å². The highest BCUT2D eigenvalue weighted by Crippen LogP contribution is 2.35. The van der Waals surface area contributed by atoms with Crippen LogP contribution in [-0.4, -0.2) is 18.3 Å². The fraction of sp³-hybridized carbons (Fsp3) is 0.250. The molecule has 1 aromatic carbocycles. The minimum absolute atomic E-state index is 0.204. The third-order valence-corrected chi connectivity index (χ3v) is 3.16. The van der Waals surface area contributed by atoms with Gasteiger partial charge in [-0.3, -0.25) is 0 Å². The number of rotatable bonds is 3. The van der Waals surface area contributed by atoms with Gasteiger partial charge in [-0.15, -0.1) is 0 Å². The second-order valence-corrected chi connectivity index (χ2v) is 4.65. The van der Waals surface area contributed by atoms with Crippen molar-refractivity contribution in [1.29, 1.82) is 0 Å². The number of hydrogen-bond donors (Lipinski definition) is 1. The molecule has 1 aliphatic carbocycles. The van der Waals surface area contributed by atoms with E-state index in [1.807, 2.05) is 18.2 Å². The molecule has 0 aromatic heterocycles. The summed E-state index contributed by atoms with van der Waals surface area (Å²) in [5, 5.41) is 9.46. The van der Waals surface area contributed by atoms with Gasteiger partial charge >= 0.3 is 0 Å². The zero-order valence-corrected chi connectivity index (χ0v) is 10.6. The largest absolute Gasteiger partial charge is 0.509 e. The highest BCUT2D eigenvalue weighted by atomic mass is 16.5. The van der Waals surface area contributed by atoms with Gasteiger partial charge in [0.15, 0.2) is 11.5 Å². The summed E-state index contributed by atoms with van der Waals surface area (Å²) in [6.07, 6.45) is 10.4. The van der Waals surface area contributed by atoms with Crippen molar-refractivity contribution in [1.82, 2.24) is 0 Å². The first-order valence-electron chi connectivity index (χ1n) is 6.46. The Morgan fingerprint density at radius 1 is 1.26 bits per heavy atom. The van der Waals surface area contributed by atoms with Crippen molar-refractivity contribution >= 4 is 6.08 Å².